The van der Waals surface area contributed by atoms with Gasteiger partial charge in [-0.1, -0.05) is 28.1 Å². The maximum Gasteiger partial charge on any atom is 0.274 e. The second kappa shape index (κ2) is 10.7. The molecule has 0 radical (unpaired) electrons. The molecule has 3 rings (SSSR count). The largest absolute Gasteiger partial charge is 0.487 e. The average molecular weight is 610 g/mol. The van der Waals surface area contributed by atoms with E-state index in [0.29, 0.717) is 26.9 Å². The first-order valence-corrected chi connectivity index (χ1v) is 11.1. The highest BCUT2D eigenvalue weighted by Gasteiger charge is 2.12. The van der Waals surface area contributed by atoms with Crippen LogP contribution in [0, 0.1) is 17.1 Å². The van der Waals surface area contributed by atoms with Gasteiger partial charge in [-0.05, 0) is 85.5 Å². The van der Waals surface area contributed by atoms with Gasteiger partial charge in [0.1, 0.15) is 18.2 Å². The molecule has 0 saturated heterocycles. The Labute approximate surface area is 203 Å². The van der Waals surface area contributed by atoms with E-state index in [1.54, 1.807) is 12.1 Å². The first-order chi connectivity index (χ1) is 14.9. The fraction of sp³-hybridized carbons (Fsp3) is 0.0455. The predicted molar refractivity (Wildman–Crippen MR) is 126 cm³/mol. The normalized spacial score (nSPS) is 10.7. The summed E-state index contributed by atoms with van der Waals surface area (Å²) >= 11 is 10.4. The Balaban J connectivity index is 1.65. The Morgan fingerprint density at radius 2 is 1.77 bits per heavy atom. The average Bonchev–Trinajstić information content (AvgIpc) is 2.74. The molecule has 3 aromatic carbocycles. The first kappa shape index (κ1) is 23.1. The summed E-state index contributed by atoms with van der Waals surface area (Å²) in [6, 6.07) is 16.8. The molecule has 0 aliphatic carbocycles. The van der Waals surface area contributed by atoms with Crippen LogP contribution < -0.4 is 10.2 Å². The molecule has 31 heavy (non-hydrogen) atoms. The molecule has 3 aromatic rings. The molecule has 0 heterocycles. The molecule has 1 N–H and O–H groups in total. The van der Waals surface area contributed by atoms with Crippen LogP contribution in [0.5, 0.6) is 5.75 Å². The van der Waals surface area contributed by atoms with Crippen molar-refractivity contribution in [1.82, 2.24) is 5.43 Å². The zero-order valence-corrected chi connectivity index (χ0v) is 20.5. The van der Waals surface area contributed by atoms with E-state index < -0.39 is 11.7 Å². The zero-order chi connectivity index (χ0) is 22.4. The molecule has 9 heteroatoms. The van der Waals surface area contributed by atoms with Gasteiger partial charge in [-0.3, -0.25) is 4.79 Å². The third kappa shape index (κ3) is 6.23. The van der Waals surface area contributed by atoms with Crippen molar-refractivity contribution in [3.05, 3.63) is 96.1 Å². The fourth-order valence-corrected chi connectivity index (χ4v) is 4.24. The summed E-state index contributed by atoms with van der Waals surface area (Å²) in [5, 5.41) is 12.6. The van der Waals surface area contributed by atoms with Gasteiger partial charge in [-0.2, -0.15) is 10.4 Å². The van der Waals surface area contributed by atoms with Crippen LogP contribution in [0.25, 0.3) is 0 Å². The van der Waals surface area contributed by atoms with E-state index in [1.807, 2.05) is 30.3 Å². The van der Waals surface area contributed by atoms with Gasteiger partial charge in [0.25, 0.3) is 5.91 Å². The van der Waals surface area contributed by atoms with Gasteiger partial charge in [-0.25, -0.2) is 9.82 Å². The molecule has 0 saturated carbocycles. The molecule has 0 aliphatic heterocycles. The van der Waals surface area contributed by atoms with Crippen LogP contribution in [-0.4, -0.2) is 12.1 Å². The molecule has 1 amide bonds. The summed E-state index contributed by atoms with van der Waals surface area (Å²) in [6.45, 7) is 0.393. The van der Waals surface area contributed by atoms with E-state index in [4.69, 9.17) is 10.00 Å². The minimum atomic E-state index is -0.787. The Bertz CT molecular complexity index is 1170. The lowest BCUT2D eigenvalue weighted by molar-refractivity contribution is 0.0951. The first-order valence-electron chi connectivity index (χ1n) is 8.76. The smallest absolute Gasteiger partial charge is 0.274 e. The molecule has 5 nitrogen and oxygen atoms in total. The summed E-state index contributed by atoms with van der Waals surface area (Å²) < 4.78 is 22.2. The lowest BCUT2D eigenvalue weighted by Gasteiger charge is -2.11. The van der Waals surface area contributed by atoms with Crippen LogP contribution >= 0.6 is 47.8 Å². The minimum Gasteiger partial charge on any atom is -0.487 e. The van der Waals surface area contributed by atoms with E-state index in [9.17, 15) is 9.18 Å². The number of amides is 1. The topological polar surface area (TPSA) is 74.5 Å². The van der Waals surface area contributed by atoms with Crippen LogP contribution in [0.15, 0.2) is 73.1 Å². The molecule has 0 unspecified atom stereocenters. The lowest BCUT2D eigenvalue weighted by Crippen LogP contribution is -2.19. The number of nitrogens with zero attached hydrogens (tertiary/aromatic N) is 2. The Morgan fingerprint density at radius 1 is 1.10 bits per heavy atom. The lowest BCUT2D eigenvalue weighted by atomic mass is 10.1. The number of nitriles is 1. The van der Waals surface area contributed by atoms with Crippen molar-refractivity contribution in [2.75, 3.05) is 0 Å². The molecule has 0 aliphatic rings. The van der Waals surface area contributed by atoms with E-state index >= 15 is 0 Å². The number of ether oxygens (including phenoxy) is 1. The van der Waals surface area contributed by atoms with Crippen molar-refractivity contribution in [3.8, 4) is 11.8 Å². The highest BCUT2D eigenvalue weighted by molar-refractivity contribution is 9.11. The summed E-state index contributed by atoms with van der Waals surface area (Å²) in [6.07, 6.45) is 1.42. The highest BCUT2D eigenvalue weighted by Crippen LogP contribution is 2.35. The third-order valence-electron chi connectivity index (χ3n) is 4.04. The number of hydrogen-bond donors (Lipinski definition) is 1. The monoisotopic (exact) mass is 607 g/mol. The minimum absolute atomic E-state index is 0.134. The molecule has 0 spiro atoms. The Hall–Kier alpha value is -2.54. The van der Waals surface area contributed by atoms with Gasteiger partial charge in [0.15, 0.2) is 0 Å². The van der Waals surface area contributed by atoms with Crippen molar-refractivity contribution in [1.29, 1.82) is 5.26 Å². The third-order valence-corrected chi connectivity index (χ3v) is 5.75. The van der Waals surface area contributed by atoms with Crippen LogP contribution in [0.1, 0.15) is 27.0 Å². The number of nitrogens with one attached hydrogen (secondary N) is 1. The number of hydrogen-bond acceptors (Lipinski definition) is 4. The summed E-state index contributed by atoms with van der Waals surface area (Å²) in [5.41, 5.74) is 3.90. The molecule has 0 fully saturated rings. The number of benzene rings is 3. The van der Waals surface area contributed by atoms with Crippen molar-refractivity contribution in [2.45, 2.75) is 6.61 Å². The maximum atomic E-state index is 13.9. The Morgan fingerprint density at radius 3 is 2.39 bits per heavy atom. The van der Waals surface area contributed by atoms with E-state index in [2.05, 4.69) is 58.3 Å². The molecule has 156 valence electrons. The number of rotatable bonds is 6. The van der Waals surface area contributed by atoms with Gasteiger partial charge in [-0.15, -0.1) is 0 Å². The summed E-state index contributed by atoms with van der Waals surface area (Å²) in [7, 11) is 0. The quantitative estimate of drug-likeness (QED) is 0.262. The standard InChI is InChI=1S/C22H13Br3FN3O2/c23-16-4-1-13(2-5-16)12-31-21-18(24)7-15(8-19(21)25)11-28-29-22(30)17-6-3-14(10-27)9-20(17)26/h1-9,11H,12H2,(H,29,30)/b28-11-. The second-order valence-corrected chi connectivity index (χ2v) is 8.86. The number of carbonyl (C=O) groups excluding carboxylic acids is 1. The number of halogens is 4. The maximum absolute atomic E-state index is 13.9. The van der Waals surface area contributed by atoms with Crippen molar-refractivity contribution in [3.63, 3.8) is 0 Å². The van der Waals surface area contributed by atoms with Crippen LogP contribution in [-0.2, 0) is 6.61 Å². The van der Waals surface area contributed by atoms with Crippen LogP contribution in [0.2, 0.25) is 0 Å². The van der Waals surface area contributed by atoms with Crippen molar-refractivity contribution < 1.29 is 13.9 Å². The molecule has 0 aromatic heterocycles. The van der Waals surface area contributed by atoms with Crippen molar-refractivity contribution >= 4 is 59.9 Å². The molecule has 0 atom stereocenters. The summed E-state index contributed by atoms with van der Waals surface area (Å²) in [5.74, 6) is -0.876. The van der Waals surface area contributed by atoms with E-state index in [1.165, 1.54) is 18.3 Å². The van der Waals surface area contributed by atoms with Gasteiger partial charge in [0.2, 0.25) is 0 Å². The van der Waals surface area contributed by atoms with Crippen LogP contribution in [0.3, 0.4) is 0 Å². The number of hydrazone groups is 1. The Kier molecular flexibility index (Phi) is 7.96. The van der Waals surface area contributed by atoms with Gasteiger partial charge >= 0.3 is 0 Å². The molecule has 0 bridgehead atoms. The second-order valence-electron chi connectivity index (χ2n) is 6.23. The molecular weight excluding hydrogens is 597 g/mol. The van der Waals surface area contributed by atoms with Gasteiger partial charge in [0, 0.05) is 4.47 Å². The number of carbonyl (C=O) groups is 1. The highest BCUT2D eigenvalue weighted by atomic mass is 79.9. The van der Waals surface area contributed by atoms with E-state index in [0.717, 1.165) is 16.1 Å². The van der Waals surface area contributed by atoms with Gasteiger partial charge < -0.3 is 4.74 Å². The van der Waals surface area contributed by atoms with E-state index in [-0.39, 0.29) is 11.1 Å². The zero-order valence-electron chi connectivity index (χ0n) is 15.7. The van der Waals surface area contributed by atoms with Crippen molar-refractivity contribution in [2.24, 2.45) is 5.10 Å². The van der Waals surface area contributed by atoms with Gasteiger partial charge in [0.05, 0.1) is 32.4 Å². The predicted octanol–water partition coefficient (Wildman–Crippen LogP) is 6.33. The summed E-state index contributed by atoms with van der Waals surface area (Å²) in [4.78, 5) is 12.1. The fourth-order valence-electron chi connectivity index (χ4n) is 2.52. The van der Waals surface area contributed by atoms with Crippen LogP contribution in [0.4, 0.5) is 4.39 Å². The molecular formula is C22H13Br3FN3O2. The SMILES string of the molecule is N#Cc1ccc(C(=O)N/N=C\c2cc(Br)c(OCc3ccc(Br)cc3)c(Br)c2)c(F)c1.